The molecular formula is C7H5KN2. The smallest absolute Gasteiger partial charge is 0.344 e. The summed E-state index contributed by atoms with van der Waals surface area (Å²) >= 11 is 0. The Labute approximate surface area is 101 Å². The van der Waals surface area contributed by atoms with E-state index in [-0.39, 0.29) is 51.4 Å². The van der Waals surface area contributed by atoms with E-state index in [0.29, 0.717) is 0 Å². The number of H-pyrrole nitrogens is 1. The zero-order chi connectivity index (χ0) is 6.10. The van der Waals surface area contributed by atoms with Crippen molar-refractivity contribution in [3.8, 4) is 0 Å². The van der Waals surface area contributed by atoms with Crippen molar-refractivity contribution in [2.45, 2.75) is 0 Å². The van der Waals surface area contributed by atoms with E-state index in [1.54, 1.807) is 0 Å². The maximum Gasteiger partial charge on any atom is 1.00 e. The number of nitrogens with one attached hydrogen (secondary N) is 1. The van der Waals surface area contributed by atoms with Crippen LogP contribution in [0.1, 0.15) is 0 Å². The molecule has 3 heteroatoms. The van der Waals surface area contributed by atoms with E-state index >= 15 is 0 Å². The number of aromatic nitrogens is 2. The second-order valence-electron chi connectivity index (χ2n) is 1.88. The van der Waals surface area contributed by atoms with Crippen LogP contribution >= 0.6 is 0 Å². The third-order valence-electron chi connectivity index (χ3n) is 1.28. The van der Waals surface area contributed by atoms with Crippen molar-refractivity contribution in [1.29, 1.82) is 0 Å². The van der Waals surface area contributed by atoms with Gasteiger partial charge in [0.05, 0.1) is 0 Å². The number of hydrogen-bond donors (Lipinski definition) is 1. The Morgan fingerprint density at radius 1 is 1.30 bits per heavy atom. The molecule has 0 aliphatic heterocycles. The molecule has 0 radical (unpaired) electrons. The predicted molar refractivity (Wildman–Crippen MR) is 34.9 cm³/mol. The van der Waals surface area contributed by atoms with E-state index in [2.05, 4.69) is 16.4 Å². The van der Waals surface area contributed by atoms with Gasteiger partial charge < -0.3 is 5.10 Å². The van der Waals surface area contributed by atoms with Crippen LogP contribution in [0.3, 0.4) is 0 Å². The average molecular weight is 156 g/mol. The molecule has 0 bridgehead atoms. The summed E-state index contributed by atoms with van der Waals surface area (Å²) in [5.41, 5.74) is 1.04. The van der Waals surface area contributed by atoms with Gasteiger partial charge in [-0.15, -0.1) is 11.5 Å². The van der Waals surface area contributed by atoms with Crippen molar-refractivity contribution in [2.75, 3.05) is 0 Å². The molecule has 1 N–H and O–H groups in total. The Hall–Kier alpha value is 0.326. The molecule has 10 heavy (non-hydrogen) atoms. The molecule has 0 saturated heterocycles. The van der Waals surface area contributed by atoms with Gasteiger partial charge in [-0.25, -0.2) is 0 Å². The van der Waals surface area contributed by atoms with Crippen LogP contribution < -0.4 is 51.4 Å². The first kappa shape index (κ1) is 8.42. The Morgan fingerprint density at radius 2 is 2.10 bits per heavy atom. The van der Waals surface area contributed by atoms with Gasteiger partial charge in [0.25, 0.3) is 0 Å². The first-order valence-electron chi connectivity index (χ1n) is 2.77. The summed E-state index contributed by atoms with van der Waals surface area (Å²) in [6.07, 6.45) is 2.81. The predicted octanol–water partition coefficient (Wildman–Crippen LogP) is -1.63. The summed E-state index contributed by atoms with van der Waals surface area (Å²) in [7, 11) is 0. The fourth-order valence-electron chi connectivity index (χ4n) is 0.827. The standard InChI is InChI=1S/C7H5N2.K/c1-2-4-7-6(3-1)5-8-9-7;/h1-4H,(H,8,9);/q-1;+1. The molecule has 1 aromatic heterocycles. The molecule has 0 unspecified atom stereocenters. The molecule has 0 fully saturated rings. The molecule has 0 spiro atoms. The monoisotopic (exact) mass is 156 g/mol. The van der Waals surface area contributed by atoms with Crippen LogP contribution in [0.4, 0.5) is 0 Å². The van der Waals surface area contributed by atoms with Crippen LogP contribution in [-0.4, -0.2) is 10.2 Å². The van der Waals surface area contributed by atoms with Gasteiger partial charge >= 0.3 is 51.4 Å². The molecule has 0 aliphatic carbocycles. The molecule has 1 heterocycles. The first-order chi connectivity index (χ1) is 4.47. The van der Waals surface area contributed by atoms with E-state index in [9.17, 15) is 0 Å². The summed E-state index contributed by atoms with van der Waals surface area (Å²) in [5, 5.41) is 7.60. The van der Waals surface area contributed by atoms with Crippen LogP contribution in [0.15, 0.2) is 24.3 Å². The van der Waals surface area contributed by atoms with Crippen molar-refractivity contribution in [3.63, 3.8) is 0 Å². The number of aromatic amines is 1. The average Bonchev–Trinajstić information content (AvgIpc) is 2.33. The van der Waals surface area contributed by atoms with Gasteiger partial charge in [0.15, 0.2) is 0 Å². The second-order valence-corrected chi connectivity index (χ2v) is 1.88. The summed E-state index contributed by atoms with van der Waals surface area (Å²) in [6.45, 7) is 0. The number of benzene rings is 1. The van der Waals surface area contributed by atoms with Crippen molar-refractivity contribution >= 4 is 10.9 Å². The van der Waals surface area contributed by atoms with E-state index in [1.165, 1.54) is 0 Å². The molecule has 44 valence electrons. The quantitative estimate of drug-likeness (QED) is 0.360. The Kier molecular flexibility index (Phi) is 3.07. The number of nitrogens with zero attached hydrogens (tertiary/aromatic N) is 1. The van der Waals surface area contributed by atoms with Gasteiger partial charge in [-0.2, -0.15) is 6.07 Å². The van der Waals surface area contributed by atoms with Crippen molar-refractivity contribution < 1.29 is 51.4 Å². The van der Waals surface area contributed by atoms with Gasteiger partial charge in [-0.05, 0) is 11.7 Å². The van der Waals surface area contributed by atoms with E-state index in [1.807, 2.05) is 24.3 Å². The summed E-state index contributed by atoms with van der Waals surface area (Å²) in [4.78, 5) is 0. The Morgan fingerprint density at radius 3 is 2.90 bits per heavy atom. The van der Waals surface area contributed by atoms with Gasteiger partial charge in [0.1, 0.15) is 0 Å². The number of rotatable bonds is 0. The van der Waals surface area contributed by atoms with Crippen LogP contribution in [-0.2, 0) is 0 Å². The zero-order valence-corrected chi connectivity index (χ0v) is 8.88. The summed E-state index contributed by atoms with van der Waals surface area (Å²) < 4.78 is 0. The van der Waals surface area contributed by atoms with Gasteiger partial charge in [0, 0.05) is 0 Å². The maximum absolute atomic E-state index is 3.75. The maximum atomic E-state index is 3.75. The van der Waals surface area contributed by atoms with Crippen LogP contribution in [0, 0.1) is 6.20 Å². The van der Waals surface area contributed by atoms with Crippen molar-refractivity contribution in [3.05, 3.63) is 30.5 Å². The second kappa shape index (κ2) is 3.64. The number of fused-ring (bicyclic) bond motifs is 1. The molecule has 2 aromatic rings. The fourth-order valence-corrected chi connectivity index (χ4v) is 0.827. The number of para-hydroxylation sites is 1. The van der Waals surface area contributed by atoms with Crippen molar-refractivity contribution in [1.82, 2.24) is 10.2 Å². The largest absolute Gasteiger partial charge is 1.00 e. The zero-order valence-electron chi connectivity index (χ0n) is 5.76. The summed E-state index contributed by atoms with van der Waals surface area (Å²) in [5.74, 6) is 0. The Balaban J connectivity index is 0.000000500. The van der Waals surface area contributed by atoms with Gasteiger partial charge in [-0.3, -0.25) is 5.10 Å². The molecule has 0 saturated carbocycles. The van der Waals surface area contributed by atoms with E-state index in [0.717, 1.165) is 10.9 Å². The summed E-state index contributed by atoms with van der Waals surface area (Å²) in [6, 6.07) is 7.88. The first-order valence-corrected chi connectivity index (χ1v) is 2.77. The van der Waals surface area contributed by atoms with Crippen LogP contribution in [0.5, 0.6) is 0 Å². The van der Waals surface area contributed by atoms with Crippen LogP contribution in [0.2, 0.25) is 0 Å². The third kappa shape index (κ3) is 1.49. The molecule has 0 atom stereocenters. The molecule has 2 rings (SSSR count). The minimum absolute atomic E-state index is 0. The SMILES string of the molecule is [K+].[c-]1n[nH]c2ccccc12. The molecule has 1 aromatic carbocycles. The molecular weight excluding hydrogens is 151 g/mol. The number of hydrogen-bond acceptors (Lipinski definition) is 1. The molecule has 0 aliphatic rings. The third-order valence-corrected chi connectivity index (χ3v) is 1.28. The molecule has 2 nitrogen and oxygen atoms in total. The fraction of sp³-hybridized carbons (Fsp3) is 0. The van der Waals surface area contributed by atoms with E-state index in [4.69, 9.17) is 0 Å². The minimum atomic E-state index is 0. The van der Waals surface area contributed by atoms with Gasteiger partial charge in [0.2, 0.25) is 0 Å². The normalized spacial score (nSPS) is 9.20. The Bertz CT molecular complexity index is 286. The molecule has 0 amide bonds. The minimum Gasteiger partial charge on any atom is -0.344 e. The topological polar surface area (TPSA) is 28.7 Å². The van der Waals surface area contributed by atoms with Crippen LogP contribution in [0.25, 0.3) is 10.9 Å². The van der Waals surface area contributed by atoms with Gasteiger partial charge in [-0.1, -0.05) is 12.1 Å². The van der Waals surface area contributed by atoms with E-state index < -0.39 is 0 Å². The van der Waals surface area contributed by atoms with Crippen molar-refractivity contribution in [2.24, 2.45) is 0 Å².